The van der Waals surface area contributed by atoms with E-state index in [2.05, 4.69) is 45.1 Å². The van der Waals surface area contributed by atoms with E-state index in [1.54, 1.807) is 18.1 Å². The highest BCUT2D eigenvalue weighted by Gasteiger charge is 2.19. The number of ether oxygens (including phenoxy) is 1. The van der Waals surface area contributed by atoms with Gasteiger partial charge in [-0.1, -0.05) is 58.0 Å². The third-order valence-corrected chi connectivity index (χ3v) is 4.96. The van der Waals surface area contributed by atoms with E-state index in [-0.39, 0.29) is 24.8 Å². The molecule has 29 heavy (non-hydrogen) atoms. The second-order valence-corrected chi connectivity index (χ2v) is 7.76. The molecule has 0 spiro atoms. The first-order valence-electron chi connectivity index (χ1n) is 10.1. The molecule has 0 radical (unpaired) electrons. The van der Waals surface area contributed by atoms with Crippen LogP contribution in [-0.4, -0.2) is 25.5 Å². The van der Waals surface area contributed by atoms with Gasteiger partial charge in [0, 0.05) is 25.6 Å². The molecular weight excluding hydrogens is 364 g/mol. The highest BCUT2D eigenvalue weighted by Crippen LogP contribution is 2.33. The number of carbonyl (C=O) groups excluding carboxylic acids is 2. The normalized spacial score (nSPS) is 10.9. The lowest BCUT2D eigenvalue weighted by Gasteiger charge is -2.24. The molecule has 2 rings (SSSR count). The molecule has 2 aromatic carbocycles. The minimum Gasteiger partial charge on any atom is -0.495 e. The third kappa shape index (κ3) is 5.59. The van der Waals surface area contributed by atoms with Crippen LogP contribution in [-0.2, 0) is 9.59 Å². The molecule has 0 saturated heterocycles. The van der Waals surface area contributed by atoms with E-state index in [4.69, 9.17) is 4.74 Å². The molecule has 0 heterocycles. The van der Waals surface area contributed by atoms with Crippen molar-refractivity contribution in [3.05, 3.63) is 53.6 Å². The number of hydrogen-bond donors (Lipinski definition) is 1. The van der Waals surface area contributed by atoms with Crippen LogP contribution in [0.15, 0.2) is 42.5 Å². The fraction of sp³-hybridized carbons (Fsp3) is 0.417. The second kappa shape index (κ2) is 10.1. The number of rotatable bonds is 8. The van der Waals surface area contributed by atoms with Gasteiger partial charge in [0.15, 0.2) is 0 Å². The van der Waals surface area contributed by atoms with E-state index < -0.39 is 0 Å². The van der Waals surface area contributed by atoms with Gasteiger partial charge in [0.25, 0.3) is 0 Å². The lowest BCUT2D eigenvalue weighted by Crippen LogP contribution is -2.32. The SMILES string of the molecule is COc1ccccc1N(CCC(=O)Nc1c(C(C)C)cccc1C(C)C)C(C)=O. The molecule has 0 atom stereocenters. The fourth-order valence-electron chi connectivity index (χ4n) is 3.41. The van der Waals surface area contributed by atoms with Crippen molar-refractivity contribution in [1.29, 1.82) is 0 Å². The highest BCUT2D eigenvalue weighted by atomic mass is 16.5. The first-order chi connectivity index (χ1) is 13.8. The summed E-state index contributed by atoms with van der Waals surface area (Å²) in [6.45, 7) is 10.3. The lowest BCUT2D eigenvalue weighted by atomic mass is 9.92. The lowest BCUT2D eigenvalue weighted by molar-refractivity contribution is -0.117. The topological polar surface area (TPSA) is 58.6 Å². The van der Waals surface area contributed by atoms with E-state index in [0.717, 1.165) is 16.8 Å². The molecule has 0 aliphatic heterocycles. The monoisotopic (exact) mass is 396 g/mol. The average molecular weight is 397 g/mol. The number of benzene rings is 2. The standard InChI is InChI=1S/C24H32N2O3/c1-16(2)19-10-9-11-20(17(3)4)24(19)25-23(28)14-15-26(18(5)27)21-12-7-8-13-22(21)29-6/h7-13,16-17H,14-15H2,1-6H3,(H,25,28). The van der Waals surface area contributed by atoms with Crippen LogP contribution < -0.4 is 15.0 Å². The molecule has 0 bridgehead atoms. The van der Waals surface area contributed by atoms with Gasteiger partial charge in [-0.2, -0.15) is 0 Å². The van der Waals surface area contributed by atoms with Crippen LogP contribution in [0.4, 0.5) is 11.4 Å². The van der Waals surface area contributed by atoms with Gasteiger partial charge in [-0.05, 0) is 35.1 Å². The largest absolute Gasteiger partial charge is 0.495 e. The minimum absolute atomic E-state index is 0.110. The summed E-state index contributed by atoms with van der Waals surface area (Å²) in [7, 11) is 1.57. The zero-order valence-corrected chi connectivity index (χ0v) is 18.3. The van der Waals surface area contributed by atoms with Crippen molar-refractivity contribution < 1.29 is 14.3 Å². The Labute approximate surface area is 174 Å². The van der Waals surface area contributed by atoms with E-state index in [1.165, 1.54) is 6.92 Å². The first-order valence-corrected chi connectivity index (χ1v) is 10.1. The molecule has 0 aliphatic rings. The van der Waals surface area contributed by atoms with E-state index in [1.807, 2.05) is 24.3 Å². The molecule has 1 N–H and O–H groups in total. The zero-order valence-electron chi connectivity index (χ0n) is 18.3. The van der Waals surface area contributed by atoms with E-state index in [0.29, 0.717) is 23.3 Å². The minimum atomic E-state index is -0.132. The molecule has 156 valence electrons. The van der Waals surface area contributed by atoms with Gasteiger partial charge >= 0.3 is 0 Å². The number of para-hydroxylation sites is 3. The van der Waals surface area contributed by atoms with Crippen LogP contribution >= 0.6 is 0 Å². The molecule has 5 heteroatoms. The Kier molecular flexibility index (Phi) is 7.82. The van der Waals surface area contributed by atoms with Gasteiger partial charge in [0.05, 0.1) is 12.8 Å². The van der Waals surface area contributed by atoms with E-state index >= 15 is 0 Å². The predicted molar refractivity (Wildman–Crippen MR) is 119 cm³/mol. The van der Waals surface area contributed by atoms with Gasteiger partial charge in [-0.3, -0.25) is 9.59 Å². The smallest absolute Gasteiger partial charge is 0.226 e. The predicted octanol–water partition coefficient (Wildman–Crippen LogP) is 5.32. The Morgan fingerprint density at radius 3 is 2.07 bits per heavy atom. The Morgan fingerprint density at radius 2 is 1.55 bits per heavy atom. The Morgan fingerprint density at radius 1 is 0.966 bits per heavy atom. The average Bonchev–Trinajstić information content (AvgIpc) is 2.68. The Hall–Kier alpha value is -2.82. The summed E-state index contributed by atoms with van der Waals surface area (Å²) in [5.74, 6) is 0.960. The van der Waals surface area contributed by atoms with Crippen LogP contribution in [0.5, 0.6) is 5.75 Å². The van der Waals surface area contributed by atoms with Crippen molar-refractivity contribution >= 4 is 23.2 Å². The summed E-state index contributed by atoms with van der Waals surface area (Å²) in [5, 5.41) is 3.11. The van der Waals surface area contributed by atoms with Crippen molar-refractivity contribution in [3.63, 3.8) is 0 Å². The molecule has 5 nitrogen and oxygen atoms in total. The second-order valence-electron chi connectivity index (χ2n) is 7.76. The molecule has 0 aliphatic carbocycles. The molecule has 2 amide bonds. The molecule has 0 fully saturated rings. The Bertz CT molecular complexity index is 833. The maximum absolute atomic E-state index is 12.8. The number of anilines is 2. The van der Waals surface area contributed by atoms with Gasteiger partial charge in [0.2, 0.25) is 11.8 Å². The third-order valence-electron chi connectivity index (χ3n) is 4.96. The van der Waals surface area contributed by atoms with Crippen LogP contribution in [0, 0.1) is 0 Å². The summed E-state index contributed by atoms with van der Waals surface area (Å²) in [6, 6.07) is 13.5. The quantitative estimate of drug-likeness (QED) is 0.657. The molecule has 0 aromatic heterocycles. The number of hydrogen-bond acceptors (Lipinski definition) is 3. The van der Waals surface area contributed by atoms with Gasteiger partial charge in [0.1, 0.15) is 5.75 Å². The number of nitrogens with one attached hydrogen (secondary N) is 1. The molecule has 0 unspecified atom stereocenters. The maximum Gasteiger partial charge on any atom is 0.226 e. The fourth-order valence-corrected chi connectivity index (χ4v) is 3.41. The zero-order chi connectivity index (χ0) is 21.6. The van der Waals surface area contributed by atoms with Crippen molar-refractivity contribution in [2.75, 3.05) is 23.9 Å². The molecule has 2 aromatic rings. The maximum atomic E-state index is 12.8. The van der Waals surface area contributed by atoms with Gasteiger partial charge < -0.3 is 15.0 Å². The summed E-state index contributed by atoms with van der Waals surface area (Å²) in [6.07, 6.45) is 0.196. The molecular formula is C24H32N2O3. The summed E-state index contributed by atoms with van der Waals surface area (Å²) >= 11 is 0. The highest BCUT2D eigenvalue weighted by molar-refractivity contribution is 5.96. The van der Waals surface area contributed by atoms with Crippen molar-refractivity contribution in [3.8, 4) is 5.75 Å². The first kappa shape index (κ1) is 22.5. The Balaban J connectivity index is 2.20. The van der Waals surface area contributed by atoms with Crippen molar-refractivity contribution in [2.24, 2.45) is 0 Å². The van der Waals surface area contributed by atoms with E-state index in [9.17, 15) is 9.59 Å². The summed E-state index contributed by atoms with van der Waals surface area (Å²) in [4.78, 5) is 26.6. The number of carbonyl (C=O) groups is 2. The number of amides is 2. The van der Waals surface area contributed by atoms with Crippen LogP contribution in [0.1, 0.15) is 64.0 Å². The number of methoxy groups -OCH3 is 1. The summed E-state index contributed by atoms with van der Waals surface area (Å²) in [5.41, 5.74) is 3.81. The van der Waals surface area contributed by atoms with Crippen molar-refractivity contribution in [1.82, 2.24) is 0 Å². The van der Waals surface area contributed by atoms with Crippen LogP contribution in [0.3, 0.4) is 0 Å². The van der Waals surface area contributed by atoms with Crippen LogP contribution in [0.2, 0.25) is 0 Å². The van der Waals surface area contributed by atoms with Crippen LogP contribution in [0.25, 0.3) is 0 Å². The number of nitrogens with zero attached hydrogens (tertiary/aromatic N) is 1. The molecule has 0 saturated carbocycles. The summed E-state index contributed by atoms with van der Waals surface area (Å²) < 4.78 is 5.37. The van der Waals surface area contributed by atoms with Gasteiger partial charge in [-0.25, -0.2) is 0 Å². The van der Waals surface area contributed by atoms with Crippen molar-refractivity contribution in [2.45, 2.75) is 52.9 Å². The van der Waals surface area contributed by atoms with Gasteiger partial charge in [-0.15, -0.1) is 0 Å².